The van der Waals surface area contributed by atoms with Crippen molar-refractivity contribution in [3.05, 3.63) is 11.8 Å². The predicted octanol–water partition coefficient (Wildman–Crippen LogP) is 0.323. The Bertz CT molecular complexity index is 483. The van der Waals surface area contributed by atoms with Crippen LogP contribution >= 0.6 is 0 Å². The predicted molar refractivity (Wildman–Crippen MR) is 61.7 cm³/mol. The minimum absolute atomic E-state index is 0.0223. The Morgan fingerprint density at radius 1 is 1.65 bits per heavy atom. The van der Waals surface area contributed by atoms with Crippen molar-refractivity contribution in [3.63, 3.8) is 0 Å². The van der Waals surface area contributed by atoms with Crippen LogP contribution in [0.2, 0.25) is 0 Å². The van der Waals surface area contributed by atoms with E-state index in [1.54, 1.807) is 0 Å². The Morgan fingerprint density at radius 3 is 3.06 bits per heavy atom. The zero-order chi connectivity index (χ0) is 12.5. The first-order valence-corrected chi connectivity index (χ1v) is 7.13. The van der Waals surface area contributed by atoms with E-state index >= 15 is 0 Å². The van der Waals surface area contributed by atoms with Crippen molar-refractivity contribution in [2.45, 2.75) is 31.4 Å². The van der Waals surface area contributed by atoms with Gasteiger partial charge in [0.05, 0.1) is 12.8 Å². The second-order valence-electron chi connectivity index (χ2n) is 4.49. The van der Waals surface area contributed by atoms with Gasteiger partial charge in [0.2, 0.25) is 0 Å². The van der Waals surface area contributed by atoms with Crippen molar-refractivity contribution >= 4 is 10.0 Å². The Kier molecular flexibility index (Phi) is 3.50. The summed E-state index contributed by atoms with van der Waals surface area (Å²) in [6.07, 6.45) is 3.28. The molecule has 1 aromatic rings. The number of hydrogen-bond donors (Lipinski definition) is 2. The number of hydrogen-bond acceptors (Lipinski definition) is 4. The van der Waals surface area contributed by atoms with Crippen molar-refractivity contribution in [2.75, 3.05) is 13.1 Å². The first-order chi connectivity index (χ1) is 8.05. The van der Waals surface area contributed by atoms with Gasteiger partial charge in [-0.15, -0.1) is 0 Å². The van der Waals surface area contributed by atoms with Crippen LogP contribution in [0.3, 0.4) is 0 Å². The van der Waals surface area contributed by atoms with Crippen molar-refractivity contribution in [3.8, 4) is 0 Å². The van der Waals surface area contributed by atoms with Crippen LogP contribution in [-0.4, -0.2) is 41.1 Å². The molecule has 7 heteroatoms. The molecule has 1 atom stereocenters. The van der Waals surface area contributed by atoms with E-state index in [-0.39, 0.29) is 11.6 Å². The number of rotatable bonds is 3. The van der Waals surface area contributed by atoms with Gasteiger partial charge in [0.15, 0.2) is 5.03 Å². The molecule has 0 aliphatic carbocycles. The standard InChI is InChI=1S/C10H17N3O3S/c1-8-3-2-4-13(6-8)17(15,16)10-9(7-14)5-11-12-10/h5,8,14H,2-4,6-7H2,1H3,(H,11,12). The topological polar surface area (TPSA) is 86.3 Å². The third-order valence-corrected chi connectivity index (χ3v) is 4.95. The Balaban J connectivity index is 2.30. The Labute approximate surface area is 101 Å². The van der Waals surface area contributed by atoms with Gasteiger partial charge < -0.3 is 5.11 Å². The molecule has 0 aromatic carbocycles. The number of nitrogens with one attached hydrogen (secondary N) is 1. The summed E-state index contributed by atoms with van der Waals surface area (Å²) in [7, 11) is -3.54. The summed E-state index contributed by atoms with van der Waals surface area (Å²) in [4.78, 5) is 0. The molecule has 6 nitrogen and oxygen atoms in total. The summed E-state index contributed by atoms with van der Waals surface area (Å²) in [5.41, 5.74) is 0.322. The molecule has 2 rings (SSSR count). The van der Waals surface area contributed by atoms with E-state index in [9.17, 15) is 8.42 Å². The second-order valence-corrected chi connectivity index (χ2v) is 6.37. The van der Waals surface area contributed by atoms with Gasteiger partial charge in [-0.2, -0.15) is 9.40 Å². The molecule has 0 spiro atoms. The number of aromatic amines is 1. The monoisotopic (exact) mass is 259 g/mol. The molecular weight excluding hydrogens is 242 g/mol. The smallest absolute Gasteiger partial charge is 0.260 e. The molecule has 17 heavy (non-hydrogen) atoms. The average molecular weight is 259 g/mol. The number of H-pyrrole nitrogens is 1. The molecule has 1 saturated heterocycles. The molecule has 1 unspecified atom stereocenters. The highest BCUT2D eigenvalue weighted by molar-refractivity contribution is 7.89. The van der Waals surface area contributed by atoms with E-state index in [2.05, 4.69) is 10.2 Å². The normalized spacial score (nSPS) is 22.8. The molecule has 2 heterocycles. The largest absolute Gasteiger partial charge is 0.392 e. The van der Waals surface area contributed by atoms with Crippen molar-refractivity contribution in [1.82, 2.24) is 14.5 Å². The first-order valence-electron chi connectivity index (χ1n) is 5.69. The maximum atomic E-state index is 12.3. The van der Waals surface area contributed by atoms with Gasteiger partial charge in [-0.25, -0.2) is 8.42 Å². The van der Waals surface area contributed by atoms with Gasteiger partial charge in [0.25, 0.3) is 10.0 Å². The van der Waals surface area contributed by atoms with Gasteiger partial charge in [0, 0.05) is 18.7 Å². The highest BCUT2D eigenvalue weighted by Gasteiger charge is 2.31. The SMILES string of the molecule is CC1CCCN(S(=O)(=O)c2[nH]ncc2CO)C1. The van der Waals surface area contributed by atoms with E-state index < -0.39 is 10.0 Å². The number of aliphatic hydroxyl groups excluding tert-OH is 1. The molecule has 1 fully saturated rings. The fourth-order valence-corrected chi connectivity index (χ4v) is 3.82. The lowest BCUT2D eigenvalue weighted by molar-refractivity contribution is 0.271. The van der Waals surface area contributed by atoms with E-state index in [1.165, 1.54) is 10.5 Å². The maximum absolute atomic E-state index is 12.3. The fourth-order valence-electron chi connectivity index (χ4n) is 2.13. The molecule has 1 aliphatic heterocycles. The molecule has 0 saturated carbocycles. The van der Waals surface area contributed by atoms with Crippen LogP contribution in [0.25, 0.3) is 0 Å². The molecule has 1 aromatic heterocycles. The first kappa shape index (κ1) is 12.5. The van der Waals surface area contributed by atoms with Crippen LogP contribution in [0.15, 0.2) is 11.2 Å². The second kappa shape index (κ2) is 4.75. The lowest BCUT2D eigenvalue weighted by Gasteiger charge is -2.29. The number of nitrogens with zero attached hydrogens (tertiary/aromatic N) is 2. The van der Waals surface area contributed by atoms with Crippen LogP contribution in [0, 0.1) is 5.92 Å². The molecule has 0 bridgehead atoms. The maximum Gasteiger partial charge on any atom is 0.260 e. The van der Waals surface area contributed by atoms with Crippen molar-refractivity contribution in [1.29, 1.82) is 0 Å². The summed E-state index contributed by atoms with van der Waals surface area (Å²) in [5.74, 6) is 0.374. The quantitative estimate of drug-likeness (QED) is 0.818. The summed E-state index contributed by atoms with van der Waals surface area (Å²) in [6.45, 7) is 2.79. The molecule has 0 radical (unpaired) electrons. The fraction of sp³-hybridized carbons (Fsp3) is 0.700. The van der Waals surface area contributed by atoms with Crippen molar-refractivity contribution in [2.24, 2.45) is 5.92 Å². The van der Waals surface area contributed by atoms with Crippen LogP contribution in [0.4, 0.5) is 0 Å². The minimum atomic E-state index is -3.54. The summed E-state index contributed by atoms with van der Waals surface area (Å²) in [6, 6.07) is 0. The highest BCUT2D eigenvalue weighted by Crippen LogP contribution is 2.23. The Morgan fingerprint density at radius 2 is 2.41 bits per heavy atom. The average Bonchev–Trinajstić information content (AvgIpc) is 2.77. The lowest BCUT2D eigenvalue weighted by atomic mass is 10.0. The lowest BCUT2D eigenvalue weighted by Crippen LogP contribution is -2.39. The van der Waals surface area contributed by atoms with Gasteiger partial charge in [-0.1, -0.05) is 6.92 Å². The highest BCUT2D eigenvalue weighted by atomic mass is 32.2. The minimum Gasteiger partial charge on any atom is -0.392 e. The van der Waals surface area contributed by atoms with E-state index in [1.807, 2.05) is 6.92 Å². The van der Waals surface area contributed by atoms with E-state index in [4.69, 9.17) is 5.11 Å². The molecular formula is C10H17N3O3S. The molecule has 1 aliphatic rings. The third-order valence-electron chi connectivity index (χ3n) is 3.07. The number of piperidine rings is 1. The van der Waals surface area contributed by atoms with Crippen LogP contribution < -0.4 is 0 Å². The number of aliphatic hydroxyl groups is 1. The molecule has 2 N–H and O–H groups in total. The number of sulfonamides is 1. The van der Waals surface area contributed by atoms with E-state index in [0.717, 1.165) is 12.8 Å². The van der Waals surface area contributed by atoms with Crippen LogP contribution in [-0.2, 0) is 16.6 Å². The van der Waals surface area contributed by atoms with Gasteiger partial charge in [-0.3, -0.25) is 5.10 Å². The third kappa shape index (κ3) is 2.36. The summed E-state index contributed by atoms with van der Waals surface area (Å²) in [5, 5.41) is 15.3. The summed E-state index contributed by atoms with van der Waals surface area (Å²) >= 11 is 0. The van der Waals surface area contributed by atoms with E-state index in [0.29, 0.717) is 24.6 Å². The summed E-state index contributed by atoms with van der Waals surface area (Å²) < 4.78 is 26.1. The zero-order valence-electron chi connectivity index (χ0n) is 9.76. The van der Waals surface area contributed by atoms with Gasteiger partial charge in [-0.05, 0) is 18.8 Å². The van der Waals surface area contributed by atoms with Crippen molar-refractivity contribution < 1.29 is 13.5 Å². The van der Waals surface area contributed by atoms with Gasteiger partial charge >= 0.3 is 0 Å². The van der Waals surface area contributed by atoms with Crippen LogP contribution in [0.5, 0.6) is 0 Å². The number of aromatic nitrogens is 2. The molecule has 0 amide bonds. The molecule has 96 valence electrons. The Hall–Kier alpha value is -0.920. The zero-order valence-corrected chi connectivity index (χ0v) is 10.6. The van der Waals surface area contributed by atoms with Crippen LogP contribution in [0.1, 0.15) is 25.3 Å². The van der Waals surface area contributed by atoms with Gasteiger partial charge in [0.1, 0.15) is 0 Å².